The summed E-state index contributed by atoms with van der Waals surface area (Å²) in [6.45, 7) is 7.37. The van der Waals surface area contributed by atoms with Crippen molar-refractivity contribution < 1.29 is 9.59 Å². The summed E-state index contributed by atoms with van der Waals surface area (Å²) in [6.07, 6.45) is 1.73. The SMILES string of the molecule is CCN1CCN(CC(=O)Nc2ccc3c(c2)C(=O)N(C)c2cccnc2S3)CC1. The number of benzene rings is 1. The van der Waals surface area contributed by atoms with Gasteiger partial charge in [-0.3, -0.25) is 14.5 Å². The van der Waals surface area contributed by atoms with Crippen molar-refractivity contribution in [3.8, 4) is 0 Å². The molecule has 3 heterocycles. The van der Waals surface area contributed by atoms with Crippen molar-refractivity contribution >= 4 is 35.0 Å². The Kier molecular flexibility index (Phi) is 5.84. The molecule has 152 valence electrons. The van der Waals surface area contributed by atoms with Crippen molar-refractivity contribution in [3.05, 3.63) is 42.1 Å². The van der Waals surface area contributed by atoms with Gasteiger partial charge in [-0.1, -0.05) is 18.7 Å². The van der Waals surface area contributed by atoms with E-state index in [0.717, 1.165) is 48.3 Å². The lowest BCUT2D eigenvalue weighted by Crippen LogP contribution is -2.48. The van der Waals surface area contributed by atoms with Crippen LogP contribution in [0.4, 0.5) is 11.4 Å². The van der Waals surface area contributed by atoms with Crippen LogP contribution < -0.4 is 10.2 Å². The Morgan fingerprint density at radius 1 is 1.17 bits per heavy atom. The third-order valence-corrected chi connectivity index (χ3v) is 6.48. The first kappa shape index (κ1) is 19.9. The minimum Gasteiger partial charge on any atom is -0.325 e. The molecule has 8 heteroatoms. The molecule has 1 N–H and O–H groups in total. The summed E-state index contributed by atoms with van der Waals surface area (Å²) in [7, 11) is 1.75. The van der Waals surface area contributed by atoms with Crippen LogP contribution >= 0.6 is 11.8 Å². The van der Waals surface area contributed by atoms with E-state index in [0.29, 0.717) is 17.8 Å². The van der Waals surface area contributed by atoms with Gasteiger partial charge in [0.1, 0.15) is 5.03 Å². The average molecular weight is 412 g/mol. The number of rotatable bonds is 4. The summed E-state index contributed by atoms with van der Waals surface area (Å²) in [5, 5.41) is 3.75. The molecule has 2 aliphatic rings. The van der Waals surface area contributed by atoms with Gasteiger partial charge in [0.15, 0.2) is 0 Å². The van der Waals surface area contributed by atoms with Crippen LogP contribution in [0.5, 0.6) is 0 Å². The van der Waals surface area contributed by atoms with E-state index in [-0.39, 0.29) is 11.8 Å². The number of piperazine rings is 1. The maximum absolute atomic E-state index is 13.0. The monoisotopic (exact) mass is 411 g/mol. The highest BCUT2D eigenvalue weighted by molar-refractivity contribution is 7.99. The molecular weight excluding hydrogens is 386 g/mol. The fourth-order valence-corrected chi connectivity index (χ4v) is 4.67. The fourth-order valence-electron chi connectivity index (χ4n) is 3.64. The molecular formula is C21H25N5O2S. The van der Waals surface area contributed by atoms with Crippen molar-refractivity contribution in [1.29, 1.82) is 0 Å². The Bertz CT molecular complexity index is 927. The minimum atomic E-state index is -0.106. The topological polar surface area (TPSA) is 68.8 Å². The molecule has 0 saturated carbocycles. The molecule has 0 bridgehead atoms. The third-order valence-electron chi connectivity index (χ3n) is 5.40. The maximum Gasteiger partial charge on any atom is 0.259 e. The third kappa shape index (κ3) is 4.29. The summed E-state index contributed by atoms with van der Waals surface area (Å²) in [5.41, 5.74) is 2.00. The van der Waals surface area contributed by atoms with E-state index in [2.05, 4.69) is 27.0 Å². The van der Waals surface area contributed by atoms with Gasteiger partial charge in [-0.2, -0.15) is 0 Å². The first-order valence-corrected chi connectivity index (χ1v) is 10.7. The number of nitrogens with zero attached hydrogens (tertiary/aromatic N) is 4. The van der Waals surface area contributed by atoms with Gasteiger partial charge in [0.25, 0.3) is 5.91 Å². The first-order chi connectivity index (χ1) is 14.0. The van der Waals surface area contributed by atoms with E-state index in [9.17, 15) is 9.59 Å². The van der Waals surface area contributed by atoms with Crippen molar-refractivity contribution in [2.75, 3.05) is 56.5 Å². The molecule has 2 aromatic rings. The maximum atomic E-state index is 13.0. The molecule has 0 aliphatic carbocycles. The van der Waals surface area contributed by atoms with Crippen LogP contribution in [0.2, 0.25) is 0 Å². The molecule has 2 amide bonds. The molecule has 4 rings (SSSR count). The summed E-state index contributed by atoms with van der Waals surface area (Å²) in [4.78, 5) is 36.9. The van der Waals surface area contributed by atoms with Gasteiger partial charge in [-0.05, 0) is 36.9 Å². The number of aromatic nitrogens is 1. The molecule has 0 spiro atoms. The van der Waals surface area contributed by atoms with Gasteiger partial charge in [0, 0.05) is 50.0 Å². The van der Waals surface area contributed by atoms with E-state index >= 15 is 0 Å². The molecule has 1 aromatic heterocycles. The zero-order chi connectivity index (χ0) is 20.4. The lowest BCUT2D eigenvalue weighted by Gasteiger charge is -2.33. The molecule has 2 aliphatic heterocycles. The second-order valence-corrected chi connectivity index (χ2v) is 8.29. The summed E-state index contributed by atoms with van der Waals surface area (Å²) in [5.74, 6) is -0.159. The Hall–Kier alpha value is -2.42. The fraction of sp³-hybridized carbons (Fsp3) is 0.381. The largest absolute Gasteiger partial charge is 0.325 e. The summed E-state index contributed by atoms with van der Waals surface area (Å²) < 4.78 is 0. The number of hydrogen-bond donors (Lipinski definition) is 1. The molecule has 0 atom stereocenters. The van der Waals surface area contributed by atoms with E-state index in [1.807, 2.05) is 24.3 Å². The first-order valence-electron chi connectivity index (χ1n) is 9.84. The van der Waals surface area contributed by atoms with Crippen LogP contribution in [0.25, 0.3) is 0 Å². The lowest BCUT2D eigenvalue weighted by molar-refractivity contribution is -0.117. The van der Waals surface area contributed by atoms with Crippen LogP contribution in [-0.4, -0.2) is 72.9 Å². The molecule has 1 aromatic carbocycles. The highest BCUT2D eigenvalue weighted by Gasteiger charge is 2.26. The van der Waals surface area contributed by atoms with Gasteiger partial charge < -0.3 is 15.1 Å². The highest BCUT2D eigenvalue weighted by atomic mass is 32.2. The van der Waals surface area contributed by atoms with Gasteiger partial charge in [-0.25, -0.2) is 4.98 Å². The number of amides is 2. The van der Waals surface area contributed by atoms with E-state index in [4.69, 9.17) is 0 Å². The Balaban J connectivity index is 1.46. The number of hydrogen-bond acceptors (Lipinski definition) is 6. The zero-order valence-electron chi connectivity index (χ0n) is 16.7. The number of anilines is 2. The smallest absolute Gasteiger partial charge is 0.259 e. The van der Waals surface area contributed by atoms with Crippen LogP contribution in [-0.2, 0) is 4.79 Å². The number of pyridine rings is 1. The number of fused-ring (bicyclic) bond motifs is 2. The highest BCUT2D eigenvalue weighted by Crippen LogP contribution is 2.40. The molecule has 0 unspecified atom stereocenters. The molecule has 0 radical (unpaired) electrons. The number of carbonyl (C=O) groups excluding carboxylic acids is 2. The quantitative estimate of drug-likeness (QED) is 0.833. The molecule has 29 heavy (non-hydrogen) atoms. The number of nitrogens with one attached hydrogen (secondary N) is 1. The second-order valence-electron chi connectivity index (χ2n) is 7.26. The average Bonchev–Trinajstić information content (AvgIpc) is 2.84. The van der Waals surface area contributed by atoms with Crippen molar-refractivity contribution in [3.63, 3.8) is 0 Å². The van der Waals surface area contributed by atoms with Gasteiger partial charge in [0.05, 0.1) is 17.8 Å². The van der Waals surface area contributed by atoms with E-state index in [1.165, 1.54) is 11.8 Å². The predicted molar refractivity (Wildman–Crippen MR) is 115 cm³/mol. The normalized spacial score (nSPS) is 17.4. The predicted octanol–water partition coefficient (Wildman–Crippen LogP) is 2.40. The van der Waals surface area contributed by atoms with Crippen molar-refractivity contribution in [2.45, 2.75) is 16.8 Å². The number of carbonyl (C=O) groups is 2. The van der Waals surface area contributed by atoms with Crippen molar-refractivity contribution in [1.82, 2.24) is 14.8 Å². The standard InChI is InChI=1S/C21H25N5O2S/c1-3-25-9-11-26(12-10-25)14-19(27)23-15-6-7-18-16(13-15)21(28)24(2)17-5-4-8-22-20(17)29-18/h4-8,13H,3,9-12,14H2,1-2H3,(H,23,27). The van der Waals surface area contributed by atoms with Crippen LogP contribution in [0.1, 0.15) is 17.3 Å². The Morgan fingerprint density at radius 2 is 1.93 bits per heavy atom. The lowest BCUT2D eigenvalue weighted by atomic mass is 10.1. The Morgan fingerprint density at radius 3 is 2.69 bits per heavy atom. The van der Waals surface area contributed by atoms with Gasteiger partial charge in [-0.15, -0.1) is 0 Å². The molecule has 1 fully saturated rings. The molecule has 1 saturated heterocycles. The molecule has 7 nitrogen and oxygen atoms in total. The zero-order valence-corrected chi connectivity index (χ0v) is 17.5. The van der Waals surface area contributed by atoms with Crippen LogP contribution in [0.15, 0.2) is 46.5 Å². The van der Waals surface area contributed by atoms with E-state index in [1.54, 1.807) is 24.2 Å². The Labute approximate surface area is 175 Å². The summed E-state index contributed by atoms with van der Waals surface area (Å²) in [6, 6.07) is 9.20. The minimum absolute atomic E-state index is 0.0538. The van der Waals surface area contributed by atoms with Gasteiger partial charge >= 0.3 is 0 Å². The van der Waals surface area contributed by atoms with Crippen LogP contribution in [0.3, 0.4) is 0 Å². The van der Waals surface area contributed by atoms with Crippen molar-refractivity contribution in [2.24, 2.45) is 0 Å². The summed E-state index contributed by atoms with van der Waals surface area (Å²) >= 11 is 1.47. The van der Waals surface area contributed by atoms with Gasteiger partial charge in [0.2, 0.25) is 5.91 Å². The van der Waals surface area contributed by atoms with E-state index < -0.39 is 0 Å². The number of likely N-dealkylation sites (N-methyl/N-ethyl adjacent to an activating group) is 1. The second kappa shape index (κ2) is 8.52. The van der Waals surface area contributed by atoms with Crippen LogP contribution in [0, 0.1) is 0 Å².